The van der Waals surface area contributed by atoms with E-state index in [1.807, 2.05) is 82.3 Å². The predicted molar refractivity (Wildman–Crippen MR) is 138 cm³/mol. The van der Waals surface area contributed by atoms with Gasteiger partial charge >= 0.3 is 0 Å². The third-order valence-corrected chi connectivity index (χ3v) is 8.88. The number of hydrogen-bond acceptors (Lipinski definition) is 4. The number of aryl methyl sites for hydroxylation is 3. The Kier molecular flexibility index (Phi) is 7.81. The Morgan fingerprint density at radius 3 is 2.00 bits per heavy atom. The first-order chi connectivity index (χ1) is 15.9. The summed E-state index contributed by atoms with van der Waals surface area (Å²) in [6, 6.07) is 18.1. The monoisotopic (exact) mass is 497 g/mol. The first-order valence-electron chi connectivity index (χ1n) is 11.0. The minimum Gasteiger partial charge on any atom is -0.224 e. The van der Waals surface area contributed by atoms with Crippen LogP contribution in [0.4, 0.5) is 0 Å². The SMILES string of the molecule is C/C=C/CN(Cc1ccc(-c2cccc(S(C)(=O)=O)c2)cc1)S(=O)(=O)c1c(C)cc(C)cc1C. The highest BCUT2D eigenvalue weighted by Crippen LogP contribution is 2.28. The van der Waals surface area contributed by atoms with Crippen LogP contribution in [-0.4, -0.2) is 33.9 Å². The number of allylic oxidation sites excluding steroid dienone is 1. The zero-order valence-corrected chi connectivity index (χ0v) is 21.9. The number of sulfone groups is 1. The van der Waals surface area contributed by atoms with E-state index in [9.17, 15) is 16.8 Å². The number of nitrogens with zero attached hydrogens (tertiary/aromatic N) is 1. The summed E-state index contributed by atoms with van der Waals surface area (Å²) in [5.74, 6) is 0. The van der Waals surface area contributed by atoms with Gasteiger partial charge in [-0.2, -0.15) is 4.31 Å². The third kappa shape index (κ3) is 5.84. The van der Waals surface area contributed by atoms with Crippen molar-refractivity contribution in [2.75, 3.05) is 12.8 Å². The van der Waals surface area contributed by atoms with E-state index in [-0.39, 0.29) is 18.0 Å². The number of hydrogen-bond donors (Lipinski definition) is 0. The molecule has 0 radical (unpaired) electrons. The standard InChI is InChI=1S/C27H31NO4S2/c1-6-7-15-28(34(31,32)27-21(3)16-20(2)17-22(27)4)19-23-11-13-24(14-12-23)25-9-8-10-26(18-25)33(5,29)30/h6-14,16-18H,15,19H2,1-5H3/b7-6+. The van der Waals surface area contributed by atoms with Gasteiger partial charge in [0.1, 0.15) is 0 Å². The molecule has 34 heavy (non-hydrogen) atoms. The summed E-state index contributed by atoms with van der Waals surface area (Å²) in [6.07, 6.45) is 4.86. The summed E-state index contributed by atoms with van der Waals surface area (Å²) in [4.78, 5) is 0.623. The highest BCUT2D eigenvalue weighted by atomic mass is 32.2. The minimum absolute atomic E-state index is 0.225. The van der Waals surface area contributed by atoms with Gasteiger partial charge in [-0.05, 0) is 67.6 Å². The van der Waals surface area contributed by atoms with Gasteiger partial charge in [0.25, 0.3) is 0 Å². The van der Waals surface area contributed by atoms with Crippen LogP contribution in [0.15, 0.2) is 82.6 Å². The molecule has 0 aliphatic heterocycles. The van der Waals surface area contributed by atoms with Gasteiger partial charge in [-0.1, -0.05) is 66.2 Å². The van der Waals surface area contributed by atoms with Gasteiger partial charge in [-0.25, -0.2) is 16.8 Å². The van der Waals surface area contributed by atoms with Crippen molar-refractivity contribution in [3.05, 3.63) is 95.1 Å². The molecule has 7 heteroatoms. The normalized spacial score (nSPS) is 12.5. The van der Waals surface area contributed by atoms with Crippen LogP contribution in [0.2, 0.25) is 0 Å². The summed E-state index contributed by atoms with van der Waals surface area (Å²) in [6.45, 7) is 7.99. The predicted octanol–water partition coefficient (Wildman–Crippen LogP) is 5.45. The topological polar surface area (TPSA) is 71.5 Å². The van der Waals surface area contributed by atoms with Gasteiger partial charge in [0.2, 0.25) is 10.0 Å². The average Bonchev–Trinajstić information content (AvgIpc) is 2.75. The van der Waals surface area contributed by atoms with Gasteiger partial charge < -0.3 is 0 Å². The van der Waals surface area contributed by atoms with Crippen molar-refractivity contribution in [2.24, 2.45) is 0 Å². The van der Waals surface area contributed by atoms with Crippen molar-refractivity contribution in [3.8, 4) is 11.1 Å². The maximum Gasteiger partial charge on any atom is 0.244 e. The molecule has 0 N–H and O–H groups in total. The Hall–Kier alpha value is -2.74. The molecule has 0 aliphatic carbocycles. The first-order valence-corrected chi connectivity index (χ1v) is 14.3. The zero-order chi connectivity index (χ0) is 25.1. The molecule has 3 aromatic rings. The van der Waals surface area contributed by atoms with Crippen LogP contribution in [-0.2, 0) is 26.4 Å². The van der Waals surface area contributed by atoms with E-state index in [0.29, 0.717) is 4.90 Å². The Balaban J connectivity index is 1.94. The summed E-state index contributed by atoms with van der Waals surface area (Å²) >= 11 is 0. The molecule has 180 valence electrons. The fourth-order valence-corrected chi connectivity index (χ4v) is 6.54. The van der Waals surface area contributed by atoms with Gasteiger partial charge in [0, 0.05) is 19.3 Å². The van der Waals surface area contributed by atoms with Crippen molar-refractivity contribution in [2.45, 2.75) is 44.0 Å². The quantitative estimate of drug-likeness (QED) is 0.388. The van der Waals surface area contributed by atoms with Crippen LogP contribution in [0.1, 0.15) is 29.2 Å². The van der Waals surface area contributed by atoms with Crippen molar-refractivity contribution >= 4 is 19.9 Å². The Morgan fingerprint density at radius 2 is 1.44 bits per heavy atom. The van der Waals surface area contributed by atoms with E-state index in [1.165, 1.54) is 10.6 Å². The molecular weight excluding hydrogens is 466 g/mol. The first kappa shape index (κ1) is 25.9. The van der Waals surface area contributed by atoms with E-state index < -0.39 is 19.9 Å². The van der Waals surface area contributed by atoms with Crippen LogP contribution >= 0.6 is 0 Å². The number of rotatable bonds is 8. The number of sulfonamides is 1. The molecule has 0 unspecified atom stereocenters. The lowest BCUT2D eigenvalue weighted by atomic mass is 10.0. The molecule has 0 atom stereocenters. The van der Waals surface area contributed by atoms with E-state index in [1.54, 1.807) is 18.2 Å². The lowest BCUT2D eigenvalue weighted by Gasteiger charge is -2.23. The Labute approximate surface area is 203 Å². The molecule has 0 aliphatic rings. The zero-order valence-electron chi connectivity index (χ0n) is 20.2. The van der Waals surface area contributed by atoms with E-state index >= 15 is 0 Å². The summed E-state index contributed by atoms with van der Waals surface area (Å²) in [5.41, 5.74) is 5.01. The van der Waals surface area contributed by atoms with Gasteiger partial charge in [0.05, 0.1) is 9.79 Å². The van der Waals surface area contributed by atoms with Crippen LogP contribution in [0.5, 0.6) is 0 Å². The molecule has 0 saturated heterocycles. The van der Waals surface area contributed by atoms with Crippen molar-refractivity contribution in [1.82, 2.24) is 4.31 Å². The summed E-state index contributed by atoms with van der Waals surface area (Å²) < 4.78 is 52.6. The molecule has 3 aromatic carbocycles. The summed E-state index contributed by atoms with van der Waals surface area (Å²) in [5, 5.41) is 0. The second kappa shape index (κ2) is 10.3. The van der Waals surface area contributed by atoms with Crippen LogP contribution in [0.25, 0.3) is 11.1 Å². The average molecular weight is 498 g/mol. The molecule has 0 aromatic heterocycles. The minimum atomic E-state index is -3.72. The highest BCUT2D eigenvalue weighted by Gasteiger charge is 2.27. The van der Waals surface area contributed by atoms with Gasteiger partial charge in [-0.15, -0.1) is 0 Å². The Bertz CT molecular complexity index is 1400. The molecule has 3 rings (SSSR count). The van der Waals surface area contributed by atoms with E-state index in [4.69, 9.17) is 0 Å². The molecule has 0 heterocycles. The molecule has 0 amide bonds. The van der Waals surface area contributed by atoms with E-state index in [0.717, 1.165) is 33.4 Å². The van der Waals surface area contributed by atoms with Crippen LogP contribution in [0, 0.1) is 20.8 Å². The smallest absolute Gasteiger partial charge is 0.224 e. The fraction of sp³-hybridized carbons (Fsp3) is 0.259. The lowest BCUT2D eigenvalue weighted by Crippen LogP contribution is -2.32. The summed E-state index contributed by atoms with van der Waals surface area (Å²) in [7, 11) is -7.02. The molecule has 5 nitrogen and oxygen atoms in total. The lowest BCUT2D eigenvalue weighted by molar-refractivity contribution is 0.437. The molecule has 0 fully saturated rings. The van der Waals surface area contributed by atoms with E-state index in [2.05, 4.69) is 0 Å². The van der Waals surface area contributed by atoms with Crippen LogP contribution in [0.3, 0.4) is 0 Å². The Morgan fingerprint density at radius 1 is 0.824 bits per heavy atom. The van der Waals surface area contributed by atoms with Gasteiger partial charge in [-0.3, -0.25) is 0 Å². The molecule has 0 spiro atoms. The maximum absolute atomic E-state index is 13.7. The largest absolute Gasteiger partial charge is 0.244 e. The molecule has 0 bridgehead atoms. The van der Waals surface area contributed by atoms with Crippen LogP contribution < -0.4 is 0 Å². The van der Waals surface area contributed by atoms with Crippen molar-refractivity contribution < 1.29 is 16.8 Å². The second-order valence-electron chi connectivity index (χ2n) is 8.59. The molecular formula is C27H31NO4S2. The van der Waals surface area contributed by atoms with Crippen molar-refractivity contribution in [3.63, 3.8) is 0 Å². The fourth-order valence-electron chi connectivity index (χ4n) is 4.09. The number of benzene rings is 3. The molecule has 0 saturated carbocycles. The maximum atomic E-state index is 13.7. The highest BCUT2D eigenvalue weighted by molar-refractivity contribution is 7.90. The second-order valence-corrected chi connectivity index (χ2v) is 12.5. The van der Waals surface area contributed by atoms with Gasteiger partial charge in [0.15, 0.2) is 9.84 Å². The third-order valence-electron chi connectivity index (χ3n) is 5.66. The van der Waals surface area contributed by atoms with Crippen molar-refractivity contribution in [1.29, 1.82) is 0 Å².